The van der Waals surface area contributed by atoms with E-state index in [1.165, 1.54) is 11.5 Å². The highest BCUT2D eigenvalue weighted by Gasteiger charge is 2.25. The minimum Gasteiger partial charge on any atom is -0.378 e. The minimum absolute atomic E-state index is 0.328. The van der Waals surface area contributed by atoms with Crippen LogP contribution in [0.2, 0.25) is 0 Å². The number of aryl methyl sites for hydroxylation is 1. The molecule has 0 radical (unpaired) electrons. The smallest absolute Gasteiger partial charge is 0.224 e. The van der Waals surface area contributed by atoms with E-state index in [1.54, 1.807) is 0 Å². The zero-order valence-electron chi connectivity index (χ0n) is 13.7. The van der Waals surface area contributed by atoms with Crippen molar-refractivity contribution in [3.05, 3.63) is 18.1 Å². The van der Waals surface area contributed by atoms with Gasteiger partial charge in [-0.1, -0.05) is 0 Å². The summed E-state index contributed by atoms with van der Waals surface area (Å²) in [6.07, 6.45) is 2.87. The second-order valence-corrected chi connectivity index (χ2v) is 6.77. The van der Waals surface area contributed by atoms with Crippen LogP contribution in [0.4, 0.5) is 16.9 Å². The highest BCUT2D eigenvalue weighted by Crippen LogP contribution is 2.23. The summed E-state index contributed by atoms with van der Waals surface area (Å²) in [5.41, 5.74) is 0. The van der Waals surface area contributed by atoms with E-state index in [4.69, 9.17) is 4.74 Å². The molecule has 128 valence electrons. The summed E-state index contributed by atoms with van der Waals surface area (Å²) in [5.74, 6) is 2.50. The first-order valence-electron chi connectivity index (χ1n) is 8.25. The monoisotopic (exact) mass is 347 g/mol. The van der Waals surface area contributed by atoms with E-state index >= 15 is 0 Å². The van der Waals surface area contributed by atoms with Gasteiger partial charge in [-0.25, -0.2) is 9.97 Å². The first kappa shape index (κ1) is 15.5. The lowest BCUT2D eigenvalue weighted by Crippen LogP contribution is -2.37. The molecule has 1 N–H and O–H groups in total. The predicted octanol–water partition coefficient (Wildman–Crippen LogP) is 1.16. The molecule has 0 aromatic carbocycles. The number of rotatable bonds is 4. The Kier molecular flexibility index (Phi) is 4.44. The topological polar surface area (TPSA) is 79.3 Å². The Hall–Kier alpha value is -2.00. The lowest BCUT2D eigenvalue weighted by molar-refractivity contribution is 0.122. The Labute approximate surface area is 145 Å². The second kappa shape index (κ2) is 6.86. The van der Waals surface area contributed by atoms with Crippen LogP contribution in [-0.2, 0) is 4.74 Å². The number of anilines is 3. The van der Waals surface area contributed by atoms with Gasteiger partial charge in [0.1, 0.15) is 11.6 Å². The summed E-state index contributed by atoms with van der Waals surface area (Å²) in [7, 11) is 0. The van der Waals surface area contributed by atoms with Gasteiger partial charge in [0.15, 0.2) is 0 Å². The molecule has 4 rings (SSSR count). The lowest BCUT2D eigenvalue weighted by atomic mass is 10.3. The van der Waals surface area contributed by atoms with Crippen molar-refractivity contribution in [2.24, 2.45) is 0 Å². The van der Waals surface area contributed by atoms with Crippen LogP contribution in [0, 0.1) is 6.92 Å². The van der Waals surface area contributed by atoms with E-state index < -0.39 is 0 Å². The SMILES string of the molecule is Cc1nsc(N2CCC(Nc3nccc(N4CCOCC4)n3)C2)n1. The van der Waals surface area contributed by atoms with Gasteiger partial charge in [-0.05, 0) is 19.4 Å². The average molecular weight is 347 g/mol. The molecule has 2 aromatic rings. The largest absolute Gasteiger partial charge is 0.378 e. The van der Waals surface area contributed by atoms with E-state index in [9.17, 15) is 0 Å². The van der Waals surface area contributed by atoms with Crippen molar-refractivity contribution >= 4 is 28.4 Å². The maximum Gasteiger partial charge on any atom is 0.224 e. The number of aromatic nitrogens is 4. The molecular weight excluding hydrogens is 326 g/mol. The summed E-state index contributed by atoms with van der Waals surface area (Å²) < 4.78 is 9.66. The molecule has 2 aliphatic rings. The van der Waals surface area contributed by atoms with Crippen molar-refractivity contribution in [3.8, 4) is 0 Å². The molecule has 8 nitrogen and oxygen atoms in total. The number of morpholine rings is 1. The minimum atomic E-state index is 0.328. The molecule has 2 saturated heterocycles. The van der Waals surface area contributed by atoms with E-state index in [2.05, 4.69) is 34.4 Å². The van der Waals surface area contributed by atoms with Crippen LogP contribution in [0.3, 0.4) is 0 Å². The molecule has 2 fully saturated rings. The van der Waals surface area contributed by atoms with Crippen molar-refractivity contribution < 1.29 is 4.74 Å². The van der Waals surface area contributed by atoms with Gasteiger partial charge in [0.05, 0.1) is 13.2 Å². The fourth-order valence-corrected chi connectivity index (χ4v) is 3.75. The van der Waals surface area contributed by atoms with Crippen molar-refractivity contribution in [2.75, 3.05) is 54.5 Å². The number of nitrogens with one attached hydrogen (secondary N) is 1. The third-order valence-electron chi connectivity index (χ3n) is 4.28. The summed E-state index contributed by atoms with van der Waals surface area (Å²) in [6.45, 7) is 7.08. The van der Waals surface area contributed by atoms with Crippen LogP contribution >= 0.6 is 11.5 Å². The van der Waals surface area contributed by atoms with Crippen molar-refractivity contribution in [2.45, 2.75) is 19.4 Å². The number of ether oxygens (including phenoxy) is 1. The highest BCUT2D eigenvalue weighted by molar-refractivity contribution is 7.09. The zero-order valence-corrected chi connectivity index (χ0v) is 14.5. The Balaban J connectivity index is 1.39. The van der Waals surface area contributed by atoms with Gasteiger partial charge in [-0.15, -0.1) is 0 Å². The molecule has 0 amide bonds. The predicted molar refractivity (Wildman–Crippen MR) is 94.0 cm³/mol. The first-order chi connectivity index (χ1) is 11.8. The molecule has 2 aromatic heterocycles. The molecular formula is C15H21N7OS. The van der Waals surface area contributed by atoms with E-state index in [0.29, 0.717) is 12.0 Å². The lowest BCUT2D eigenvalue weighted by Gasteiger charge is -2.28. The fraction of sp³-hybridized carbons (Fsp3) is 0.600. The Morgan fingerprint density at radius 3 is 2.88 bits per heavy atom. The van der Waals surface area contributed by atoms with Crippen LogP contribution in [0.5, 0.6) is 0 Å². The van der Waals surface area contributed by atoms with Crippen molar-refractivity contribution in [3.63, 3.8) is 0 Å². The van der Waals surface area contributed by atoms with Crippen LogP contribution < -0.4 is 15.1 Å². The average Bonchev–Trinajstić information content (AvgIpc) is 3.25. The summed E-state index contributed by atoms with van der Waals surface area (Å²) in [4.78, 5) is 18.0. The van der Waals surface area contributed by atoms with Crippen LogP contribution in [-0.4, -0.2) is 64.8 Å². The molecule has 0 bridgehead atoms. The normalized spacial score (nSPS) is 21.3. The molecule has 24 heavy (non-hydrogen) atoms. The molecule has 4 heterocycles. The number of hydrogen-bond acceptors (Lipinski definition) is 9. The number of nitrogens with zero attached hydrogens (tertiary/aromatic N) is 6. The van der Waals surface area contributed by atoms with Crippen molar-refractivity contribution in [1.82, 2.24) is 19.3 Å². The quantitative estimate of drug-likeness (QED) is 0.883. The van der Waals surface area contributed by atoms with Crippen LogP contribution in [0.25, 0.3) is 0 Å². The Morgan fingerprint density at radius 1 is 1.21 bits per heavy atom. The number of hydrogen-bond donors (Lipinski definition) is 1. The third kappa shape index (κ3) is 3.41. The van der Waals surface area contributed by atoms with E-state index in [0.717, 1.165) is 62.6 Å². The summed E-state index contributed by atoms with van der Waals surface area (Å²) in [6, 6.07) is 2.29. The fourth-order valence-electron chi connectivity index (χ4n) is 3.04. The molecule has 2 aliphatic heterocycles. The van der Waals surface area contributed by atoms with Gasteiger partial charge < -0.3 is 19.9 Å². The Morgan fingerprint density at radius 2 is 2.08 bits per heavy atom. The van der Waals surface area contributed by atoms with E-state index in [-0.39, 0.29) is 0 Å². The maximum atomic E-state index is 5.40. The van der Waals surface area contributed by atoms with Gasteiger partial charge in [-0.2, -0.15) is 9.36 Å². The molecule has 1 unspecified atom stereocenters. The standard InChI is InChI=1S/C15H21N7OS/c1-11-17-15(24-20-11)22-5-3-12(10-22)18-14-16-4-2-13(19-14)21-6-8-23-9-7-21/h2,4,12H,3,5-10H2,1H3,(H,16,18,19). The maximum absolute atomic E-state index is 5.40. The molecule has 0 aliphatic carbocycles. The van der Waals surface area contributed by atoms with Crippen molar-refractivity contribution in [1.29, 1.82) is 0 Å². The third-order valence-corrected chi connectivity index (χ3v) is 5.15. The van der Waals surface area contributed by atoms with Gasteiger partial charge >= 0.3 is 0 Å². The van der Waals surface area contributed by atoms with Gasteiger partial charge in [0.2, 0.25) is 11.1 Å². The molecule has 9 heteroatoms. The van der Waals surface area contributed by atoms with E-state index in [1.807, 2.05) is 19.2 Å². The molecule has 0 saturated carbocycles. The summed E-state index contributed by atoms with van der Waals surface area (Å²) >= 11 is 1.46. The van der Waals surface area contributed by atoms with Gasteiger partial charge in [-0.3, -0.25) is 0 Å². The molecule has 1 atom stereocenters. The van der Waals surface area contributed by atoms with Crippen LogP contribution in [0.1, 0.15) is 12.2 Å². The van der Waals surface area contributed by atoms with Crippen LogP contribution in [0.15, 0.2) is 12.3 Å². The first-order valence-corrected chi connectivity index (χ1v) is 9.03. The van der Waals surface area contributed by atoms with Gasteiger partial charge in [0.25, 0.3) is 0 Å². The highest BCUT2D eigenvalue weighted by atomic mass is 32.1. The Bertz CT molecular complexity index is 688. The summed E-state index contributed by atoms with van der Waals surface area (Å²) in [5, 5.41) is 4.46. The molecule has 0 spiro atoms. The van der Waals surface area contributed by atoms with Gasteiger partial charge in [0, 0.05) is 50.0 Å². The zero-order chi connectivity index (χ0) is 16.4. The second-order valence-electron chi connectivity index (χ2n) is 6.04.